The summed E-state index contributed by atoms with van der Waals surface area (Å²) in [6.07, 6.45) is 3.77. The second kappa shape index (κ2) is 7.65. The monoisotopic (exact) mass is 345 g/mol. The first kappa shape index (κ1) is 17.4. The number of benzene rings is 1. The molecule has 0 radical (unpaired) electrons. The van der Waals surface area contributed by atoms with Crippen LogP contribution in [0, 0.1) is 0 Å². The Bertz CT molecular complexity index is 676. The van der Waals surface area contributed by atoms with Crippen molar-refractivity contribution in [3.8, 4) is 0 Å². The lowest BCUT2D eigenvalue weighted by Gasteiger charge is -2.32. The van der Waals surface area contributed by atoms with Gasteiger partial charge in [-0.15, -0.1) is 0 Å². The number of carbonyl (C=O) groups is 3. The minimum Gasteiger partial charge on any atom is -0.480 e. The average molecular weight is 345 g/mol. The van der Waals surface area contributed by atoms with E-state index in [2.05, 4.69) is 5.32 Å². The first-order valence-electron chi connectivity index (χ1n) is 8.72. The standard InChI is InChI=1S/C18H23N3O4/c22-16(12-20-9-2-1-7-15(20)18(24)25)19-13-5-3-6-14(11-13)21-10-4-8-17(21)23/h3,5-6,11,15H,1-2,4,7-10,12H2,(H,19,22)(H,24,25). The topological polar surface area (TPSA) is 89.9 Å². The van der Waals surface area contributed by atoms with Crippen LogP contribution in [-0.4, -0.2) is 53.5 Å². The van der Waals surface area contributed by atoms with E-state index in [1.807, 2.05) is 6.07 Å². The van der Waals surface area contributed by atoms with Crippen molar-refractivity contribution in [1.82, 2.24) is 4.90 Å². The van der Waals surface area contributed by atoms with E-state index < -0.39 is 12.0 Å². The number of piperidine rings is 1. The van der Waals surface area contributed by atoms with E-state index >= 15 is 0 Å². The van der Waals surface area contributed by atoms with Crippen molar-refractivity contribution in [2.24, 2.45) is 0 Å². The molecular formula is C18H23N3O4. The van der Waals surface area contributed by atoms with Gasteiger partial charge in [-0.25, -0.2) is 0 Å². The lowest BCUT2D eigenvalue weighted by Crippen LogP contribution is -2.47. The molecule has 2 N–H and O–H groups in total. The van der Waals surface area contributed by atoms with Gasteiger partial charge < -0.3 is 15.3 Å². The molecule has 1 aromatic rings. The van der Waals surface area contributed by atoms with Gasteiger partial charge in [0.25, 0.3) is 0 Å². The van der Waals surface area contributed by atoms with Gasteiger partial charge in [-0.3, -0.25) is 19.3 Å². The first-order valence-corrected chi connectivity index (χ1v) is 8.72. The van der Waals surface area contributed by atoms with Crippen LogP contribution in [0.15, 0.2) is 24.3 Å². The number of anilines is 2. The zero-order valence-electron chi connectivity index (χ0n) is 14.1. The summed E-state index contributed by atoms with van der Waals surface area (Å²) in [5.74, 6) is -1.01. The molecule has 0 saturated carbocycles. The summed E-state index contributed by atoms with van der Waals surface area (Å²) in [4.78, 5) is 38.9. The number of nitrogens with one attached hydrogen (secondary N) is 1. The van der Waals surface area contributed by atoms with Gasteiger partial charge in [0.05, 0.1) is 6.54 Å². The molecule has 1 unspecified atom stereocenters. The SMILES string of the molecule is O=C(CN1CCCCC1C(=O)O)Nc1cccc(N2CCCC2=O)c1. The Morgan fingerprint density at radius 3 is 2.76 bits per heavy atom. The molecule has 0 aliphatic carbocycles. The molecule has 25 heavy (non-hydrogen) atoms. The fourth-order valence-electron chi connectivity index (χ4n) is 3.52. The van der Waals surface area contributed by atoms with Crippen LogP contribution in [0.2, 0.25) is 0 Å². The van der Waals surface area contributed by atoms with Crippen LogP contribution in [0.1, 0.15) is 32.1 Å². The van der Waals surface area contributed by atoms with Crippen molar-refractivity contribution in [3.63, 3.8) is 0 Å². The normalized spacial score (nSPS) is 21.4. The maximum absolute atomic E-state index is 12.3. The Hall–Kier alpha value is -2.41. The van der Waals surface area contributed by atoms with Crippen molar-refractivity contribution in [2.75, 3.05) is 29.9 Å². The number of hydrogen-bond acceptors (Lipinski definition) is 4. The molecule has 134 valence electrons. The third kappa shape index (κ3) is 4.17. The predicted molar refractivity (Wildman–Crippen MR) is 93.5 cm³/mol. The Morgan fingerprint density at radius 2 is 2.04 bits per heavy atom. The Morgan fingerprint density at radius 1 is 1.20 bits per heavy atom. The van der Waals surface area contributed by atoms with Crippen molar-refractivity contribution < 1.29 is 19.5 Å². The molecule has 2 fully saturated rings. The number of amides is 2. The number of likely N-dealkylation sites (tertiary alicyclic amines) is 1. The molecule has 2 amide bonds. The van der Waals surface area contributed by atoms with Crippen molar-refractivity contribution in [3.05, 3.63) is 24.3 Å². The van der Waals surface area contributed by atoms with E-state index in [9.17, 15) is 19.5 Å². The Balaban J connectivity index is 1.63. The third-order valence-corrected chi connectivity index (χ3v) is 4.76. The van der Waals surface area contributed by atoms with Gasteiger partial charge in [-0.05, 0) is 44.0 Å². The molecule has 2 aliphatic rings. The fourth-order valence-corrected chi connectivity index (χ4v) is 3.52. The average Bonchev–Trinajstić information content (AvgIpc) is 3.01. The molecule has 1 atom stereocenters. The maximum Gasteiger partial charge on any atom is 0.320 e. The van der Waals surface area contributed by atoms with E-state index in [1.54, 1.807) is 28.0 Å². The molecule has 7 nitrogen and oxygen atoms in total. The second-order valence-corrected chi connectivity index (χ2v) is 6.57. The Labute approximate surface area is 146 Å². The summed E-state index contributed by atoms with van der Waals surface area (Å²) in [6.45, 7) is 1.38. The van der Waals surface area contributed by atoms with Crippen LogP contribution in [0.4, 0.5) is 11.4 Å². The van der Waals surface area contributed by atoms with Gasteiger partial charge in [0.2, 0.25) is 11.8 Å². The predicted octanol–water partition coefficient (Wildman–Crippen LogP) is 1.69. The summed E-state index contributed by atoms with van der Waals surface area (Å²) in [6, 6.07) is 6.62. The number of aliphatic carboxylic acids is 1. The molecule has 2 saturated heterocycles. The van der Waals surface area contributed by atoms with Crippen LogP contribution in [0.5, 0.6) is 0 Å². The summed E-state index contributed by atoms with van der Waals surface area (Å²) >= 11 is 0. The van der Waals surface area contributed by atoms with Gasteiger partial charge in [-0.1, -0.05) is 12.5 Å². The number of nitrogens with zero attached hydrogens (tertiary/aromatic N) is 2. The van der Waals surface area contributed by atoms with E-state index in [0.29, 0.717) is 31.6 Å². The lowest BCUT2D eigenvalue weighted by atomic mass is 10.0. The highest BCUT2D eigenvalue weighted by Gasteiger charge is 2.29. The zero-order chi connectivity index (χ0) is 17.8. The summed E-state index contributed by atoms with van der Waals surface area (Å²) in [7, 11) is 0. The van der Waals surface area contributed by atoms with Crippen LogP contribution in [0.3, 0.4) is 0 Å². The molecule has 0 bridgehead atoms. The quantitative estimate of drug-likeness (QED) is 0.848. The number of hydrogen-bond donors (Lipinski definition) is 2. The smallest absolute Gasteiger partial charge is 0.320 e. The minimum atomic E-state index is -0.873. The molecule has 0 aromatic heterocycles. The summed E-state index contributed by atoms with van der Waals surface area (Å²) in [5, 5.41) is 12.1. The number of rotatable bonds is 5. The number of carboxylic acid groups (broad SMARTS) is 1. The van der Waals surface area contributed by atoms with Crippen molar-refractivity contribution in [1.29, 1.82) is 0 Å². The molecule has 0 spiro atoms. The number of carboxylic acids is 1. The van der Waals surface area contributed by atoms with Crippen LogP contribution < -0.4 is 10.2 Å². The highest BCUT2D eigenvalue weighted by atomic mass is 16.4. The van der Waals surface area contributed by atoms with E-state index in [1.165, 1.54) is 0 Å². The summed E-state index contributed by atoms with van der Waals surface area (Å²) in [5.41, 5.74) is 1.40. The van der Waals surface area contributed by atoms with Crippen LogP contribution in [-0.2, 0) is 14.4 Å². The molecular weight excluding hydrogens is 322 g/mol. The minimum absolute atomic E-state index is 0.0594. The molecule has 1 aromatic carbocycles. The highest BCUT2D eigenvalue weighted by Crippen LogP contribution is 2.24. The van der Waals surface area contributed by atoms with Crippen molar-refractivity contribution in [2.45, 2.75) is 38.1 Å². The zero-order valence-corrected chi connectivity index (χ0v) is 14.1. The van der Waals surface area contributed by atoms with Crippen molar-refractivity contribution >= 4 is 29.2 Å². The van der Waals surface area contributed by atoms with Gasteiger partial charge in [0.1, 0.15) is 6.04 Å². The largest absolute Gasteiger partial charge is 0.480 e. The summed E-state index contributed by atoms with van der Waals surface area (Å²) < 4.78 is 0. The lowest BCUT2D eigenvalue weighted by molar-refractivity contribution is -0.145. The molecule has 7 heteroatoms. The van der Waals surface area contributed by atoms with Gasteiger partial charge in [0, 0.05) is 24.3 Å². The first-order chi connectivity index (χ1) is 12.0. The Kier molecular flexibility index (Phi) is 5.33. The maximum atomic E-state index is 12.3. The van der Waals surface area contributed by atoms with E-state index in [-0.39, 0.29) is 18.4 Å². The van der Waals surface area contributed by atoms with E-state index in [4.69, 9.17) is 0 Å². The van der Waals surface area contributed by atoms with E-state index in [0.717, 1.165) is 24.9 Å². The van der Waals surface area contributed by atoms with Gasteiger partial charge >= 0.3 is 5.97 Å². The van der Waals surface area contributed by atoms with Gasteiger partial charge in [-0.2, -0.15) is 0 Å². The third-order valence-electron chi connectivity index (χ3n) is 4.76. The highest BCUT2D eigenvalue weighted by molar-refractivity contribution is 5.97. The van der Waals surface area contributed by atoms with Crippen LogP contribution in [0.25, 0.3) is 0 Å². The van der Waals surface area contributed by atoms with Gasteiger partial charge in [0.15, 0.2) is 0 Å². The molecule has 3 rings (SSSR count). The number of carbonyl (C=O) groups excluding carboxylic acids is 2. The second-order valence-electron chi connectivity index (χ2n) is 6.57. The van der Waals surface area contributed by atoms with Crippen LogP contribution >= 0.6 is 0 Å². The fraction of sp³-hybridized carbons (Fsp3) is 0.500. The molecule has 2 heterocycles. The molecule has 2 aliphatic heterocycles.